The van der Waals surface area contributed by atoms with Crippen molar-refractivity contribution in [1.29, 1.82) is 21.6 Å². The maximum absolute atomic E-state index is 8.35. The van der Waals surface area contributed by atoms with E-state index in [9.17, 15) is 0 Å². The zero-order valence-corrected chi connectivity index (χ0v) is 19.9. The number of hydrogen-bond donors (Lipinski definition) is 4. The van der Waals surface area contributed by atoms with Gasteiger partial charge in [0.15, 0.2) is 0 Å². The number of benzene rings is 2. The summed E-state index contributed by atoms with van der Waals surface area (Å²) < 4.78 is 0. The Morgan fingerprint density at radius 3 is 0.656 bits per heavy atom. The topological polar surface area (TPSA) is 164 Å². The zero-order chi connectivity index (χ0) is 26.3. The Kier molecular flexibility index (Phi) is 25.7. The third-order valence-electron chi connectivity index (χ3n) is 4.80. The molecule has 32 heavy (non-hydrogen) atoms. The van der Waals surface area contributed by atoms with E-state index in [1.54, 1.807) is 0 Å². The Bertz CT molecular complexity index is 784. The minimum Gasteiger partial charge on any atom is -0.222 e. The highest BCUT2D eigenvalue weighted by Gasteiger charge is 2.07. The van der Waals surface area contributed by atoms with Crippen molar-refractivity contribution in [2.24, 2.45) is 0 Å². The molecule has 172 valence electrons. The van der Waals surface area contributed by atoms with Crippen molar-refractivity contribution >= 4 is 24.3 Å². The minimum absolute atomic E-state index is 0.750. The van der Waals surface area contributed by atoms with Crippen molar-refractivity contribution in [1.82, 2.24) is 0 Å². The molecule has 4 N–H and O–H groups in total. The molecule has 0 amide bonds. The molecule has 0 aliphatic heterocycles. The van der Waals surface area contributed by atoms with Crippen molar-refractivity contribution in [2.45, 2.75) is 55.4 Å². The molecule has 0 aromatic heterocycles. The summed E-state index contributed by atoms with van der Waals surface area (Å²) in [7, 11) is 0. The minimum atomic E-state index is 0.750. The third-order valence-corrected chi connectivity index (χ3v) is 4.80. The molecule has 2 rings (SSSR count). The van der Waals surface area contributed by atoms with Crippen molar-refractivity contribution in [3.63, 3.8) is 0 Å². The number of isocyanates is 4. The van der Waals surface area contributed by atoms with Gasteiger partial charge in [0, 0.05) is 0 Å². The average molecular weight is 441 g/mol. The first-order valence-corrected chi connectivity index (χ1v) is 9.14. The molecule has 0 spiro atoms. The highest BCUT2D eigenvalue weighted by atomic mass is 16.1. The largest absolute Gasteiger partial charge is 0.231 e. The molecule has 8 nitrogen and oxygen atoms in total. The van der Waals surface area contributed by atoms with Crippen molar-refractivity contribution in [2.75, 3.05) is 0 Å². The number of nitrogens with one attached hydrogen (secondary N) is 4. The Labute approximate surface area is 189 Å². The van der Waals surface area contributed by atoms with Crippen molar-refractivity contribution in [3.05, 3.63) is 68.8 Å². The number of rotatable bonds is 0. The van der Waals surface area contributed by atoms with Gasteiger partial charge in [0.25, 0.3) is 0 Å². The van der Waals surface area contributed by atoms with E-state index in [1.165, 1.54) is 44.5 Å². The highest BCUT2D eigenvalue weighted by Crippen LogP contribution is 2.24. The first kappa shape index (κ1) is 35.4. The number of hydrogen-bond acceptors (Lipinski definition) is 8. The second kappa shape index (κ2) is 23.2. The molecular weight excluding hydrogens is 408 g/mol. The van der Waals surface area contributed by atoms with E-state index in [0.717, 1.165) is 24.3 Å². The Balaban J connectivity index is -0.000000169. The van der Waals surface area contributed by atoms with Crippen LogP contribution in [0.15, 0.2) is 24.3 Å². The Morgan fingerprint density at radius 1 is 0.438 bits per heavy atom. The molecule has 0 atom stereocenters. The van der Waals surface area contributed by atoms with Crippen LogP contribution < -0.4 is 0 Å². The van der Waals surface area contributed by atoms with Crippen LogP contribution in [-0.2, 0) is 19.2 Å². The van der Waals surface area contributed by atoms with Gasteiger partial charge < -0.3 is 0 Å². The summed E-state index contributed by atoms with van der Waals surface area (Å²) in [6.45, 7) is 17.5. The fourth-order valence-electron chi connectivity index (χ4n) is 2.35. The van der Waals surface area contributed by atoms with Crippen LogP contribution in [0.1, 0.15) is 44.5 Å². The predicted molar refractivity (Wildman–Crippen MR) is 124 cm³/mol. The second-order valence-electron chi connectivity index (χ2n) is 6.24. The lowest BCUT2D eigenvalue weighted by Crippen LogP contribution is -1.98. The molecule has 0 heterocycles. The lowest BCUT2D eigenvalue weighted by atomic mass is 9.90. The van der Waals surface area contributed by atoms with E-state index in [2.05, 4.69) is 79.7 Å². The van der Waals surface area contributed by atoms with Gasteiger partial charge in [-0.15, -0.1) is 0 Å². The van der Waals surface area contributed by atoms with Crippen LogP contribution in [-0.4, -0.2) is 24.3 Å². The summed E-state index contributed by atoms with van der Waals surface area (Å²) >= 11 is 0. The lowest BCUT2D eigenvalue weighted by molar-refractivity contribution is 0.562. The summed E-state index contributed by atoms with van der Waals surface area (Å²) in [6.07, 6.45) is 3.00. The highest BCUT2D eigenvalue weighted by molar-refractivity contribution is 5.48. The summed E-state index contributed by atoms with van der Waals surface area (Å²) in [5.74, 6) is 0. The second-order valence-corrected chi connectivity index (χ2v) is 6.24. The smallest absolute Gasteiger partial charge is 0.222 e. The molecule has 0 aliphatic rings. The van der Waals surface area contributed by atoms with Gasteiger partial charge in [0.2, 0.25) is 24.3 Å². The quantitative estimate of drug-likeness (QED) is 0.316. The zero-order valence-electron chi connectivity index (χ0n) is 19.9. The van der Waals surface area contributed by atoms with Crippen molar-refractivity contribution < 1.29 is 19.2 Å². The standard InChI is InChI=1S/C12H18.C8H10.4CHNO/c1-7-8(2)10(4)12(6)11(5)9(7)3;1-7-5-3-4-6-8(7)2;4*2-1-3/h1-6H3;3-6H,1-2H3;4*2H. The van der Waals surface area contributed by atoms with Gasteiger partial charge >= 0.3 is 0 Å². The van der Waals surface area contributed by atoms with Gasteiger partial charge in [0.05, 0.1) is 0 Å². The van der Waals surface area contributed by atoms with E-state index in [4.69, 9.17) is 40.8 Å². The van der Waals surface area contributed by atoms with Crippen LogP contribution in [0.25, 0.3) is 0 Å². The van der Waals surface area contributed by atoms with Crippen LogP contribution in [0.2, 0.25) is 0 Å². The molecule has 0 radical (unpaired) electrons. The summed E-state index contributed by atoms with van der Waals surface area (Å²) in [5, 5.41) is 21.6. The first-order valence-electron chi connectivity index (χ1n) is 9.14. The molecule has 0 unspecified atom stereocenters. The van der Waals surface area contributed by atoms with Gasteiger partial charge in [0.1, 0.15) is 0 Å². The van der Waals surface area contributed by atoms with Crippen molar-refractivity contribution in [3.8, 4) is 0 Å². The fraction of sp³-hybridized carbons (Fsp3) is 0.333. The van der Waals surface area contributed by atoms with Gasteiger partial charge in [-0.3, -0.25) is 0 Å². The van der Waals surface area contributed by atoms with E-state index in [0.29, 0.717) is 0 Å². The van der Waals surface area contributed by atoms with Crippen LogP contribution >= 0.6 is 0 Å². The Hall–Kier alpha value is -4.04. The lowest BCUT2D eigenvalue weighted by Gasteiger charge is -2.15. The van der Waals surface area contributed by atoms with Gasteiger partial charge in [-0.05, 0) is 99.9 Å². The molecule has 0 saturated carbocycles. The van der Waals surface area contributed by atoms with Crippen LogP contribution in [0.3, 0.4) is 0 Å². The van der Waals surface area contributed by atoms with Crippen LogP contribution in [0.4, 0.5) is 0 Å². The molecule has 8 heteroatoms. The van der Waals surface area contributed by atoms with E-state index < -0.39 is 0 Å². The molecule has 0 fully saturated rings. The first-order chi connectivity index (χ1) is 14.9. The SMILES string of the molecule is Cc1c(C)c(C)c(C)c(C)c1C.Cc1ccccc1C.N=C=O.N=C=O.N=C=O.N=C=O. The molecule has 0 bridgehead atoms. The maximum atomic E-state index is 8.35. The average Bonchev–Trinajstić information content (AvgIpc) is 2.74. The number of carbonyl (C=O) groups excluding carboxylic acids is 4. The monoisotopic (exact) mass is 440 g/mol. The molecule has 2 aromatic rings. The normalized spacial score (nSPS) is 7.25. The van der Waals surface area contributed by atoms with Gasteiger partial charge in [-0.1, -0.05) is 24.3 Å². The summed E-state index contributed by atoms with van der Waals surface area (Å²) in [6, 6.07) is 8.36. The Morgan fingerprint density at radius 2 is 0.562 bits per heavy atom. The molecular formula is C24H32N4O4. The maximum Gasteiger partial charge on any atom is 0.231 e. The van der Waals surface area contributed by atoms with E-state index in [-0.39, 0.29) is 0 Å². The predicted octanol–water partition coefficient (Wildman–Crippen LogP) is 5.44. The van der Waals surface area contributed by atoms with E-state index >= 15 is 0 Å². The summed E-state index contributed by atoms with van der Waals surface area (Å²) in [5.41, 5.74) is 11.5. The van der Waals surface area contributed by atoms with Gasteiger partial charge in [-0.25, -0.2) is 40.8 Å². The fourth-order valence-corrected chi connectivity index (χ4v) is 2.35. The van der Waals surface area contributed by atoms with Crippen LogP contribution in [0, 0.1) is 77.0 Å². The summed E-state index contributed by atoms with van der Waals surface area (Å²) in [4.78, 5) is 33.4. The molecule has 2 aromatic carbocycles. The van der Waals surface area contributed by atoms with E-state index in [1.807, 2.05) is 0 Å². The molecule has 0 aliphatic carbocycles. The third kappa shape index (κ3) is 16.9. The number of aryl methyl sites for hydroxylation is 2. The molecule has 0 saturated heterocycles. The van der Waals surface area contributed by atoms with Gasteiger partial charge in [-0.2, -0.15) is 0 Å². The van der Waals surface area contributed by atoms with Crippen LogP contribution in [0.5, 0.6) is 0 Å².